The summed E-state index contributed by atoms with van der Waals surface area (Å²) < 4.78 is 4.21. The monoisotopic (exact) mass is 298 g/mol. The maximum absolute atomic E-state index is 11.9. The summed E-state index contributed by atoms with van der Waals surface area (Å²) in [5.74, 6) is 1.25. The van der Waals surface area contributed by atoms with Crippen LogP contribution in [-0.4, -0.2) is 32.6 Å². The summed E-state index contributed by atoms with van der Waals surface area (Å²) in [5, 5.41) is 15.7. The molecule has 0 aromatic carbocycles. The number of nitrogens with one attached hydrogen (secondary N) is 2. The molecule has 7 heteroatoms. The molecule has 2 rings (SSSR count). The van der Waals surface area contributed by atoms with Crippen LogP contribution < -0.4 is 10.6 Å². The molecule has 1 aliphatic rings. The van der Waals surface area contributed by atoms with Gasteiger partial charge in [-0.25, -0.2) is 9.78 Å². The van der Waals surface area contributed by atoms with E-state index in [2.05, 4.69) is 33.8 Å². The number of carbonyl (C=O) groups is 1. The van der Waals surface area contributed by atoms with Crippen LogP contribution in [0.25, 0.3) is 0 Å². The number of hydrogen-bond donors (Lipinski definition) is 3. The van der Waals surface area contributed by atoms with Crippen molar-refractivity contribution in [2.45, 2.75) is 52.7 Å². The van der Waals surface area contributed by atoms with E-state index in [1.807, 2.05) is 13.8 Å². The highest BCUT2D eigenvalue weighted by Gasteiger charge is 2.48. The first-order valence-electron chi connectivity index (χ1n) is 6.87. The predicted molar refractivity (Wildman–Crippen MR) is 78.8 cm³/mol. The number of anilines is 1. The first kappa shape index (κ1) is 15.2. The van der Waals surface area contributed by atoms with Crippen molar-refractivity contribution in [3.63, 3.8) is 0 Å². The second-order valence-corrected chi connectivity index (χ2v) is 7.09. The van der Waals surface area contributed by atoms with E-state index < -0.39 is 0 Å². The Hall–Kier alpha value is -1.21. The largest absolute Gasteiger partial charge is 0.392 e. The predicted octanol–water partition coefficient (Wildman–Crippen LogP) is 2.02. The minimum Gasteiger partial charge on any atom is -0.392 e. The Balaban J connectivity index is 1.84. The van der Waals surface area contributed by atoms with Gasteiger partial charge in [-0.05, 0) is 12.3 Å². The fourth-order valence-corrected chi connectivity index (χ4v) is 2.78. The lowest BCUT2D eigenvalue weighted by molar-refractivity contribution is -0.0673. The Morgan fingerprint density at radius 1 is 1.55 bits per heavy atom. The summed E-state index contributed by atoms with van der Waals surface area (Å²) in [6, 6.07) is -0.303. The quantitative estimate of drug-likeness (QED) is 0.793. The molecule has 2 amide bonds. The zero-order valence-electron chi connectivity index (χ0n) is 12.3. The van der Waals surface area contributed by atoms with Gasteiger partial charge in [-0.1, -0.05) is 27.7 Å². The highest BCUT2D eigenvalue weighted by atomic mass is 32.1. The van der Waals surface area contributed by atoms with E-state index in [1.54, 1.807) is 0 Å². The van der Waals surface area contributed by atoms with Gasteiger partial charge in [0.05, 0.1) is 6.10 Å². The van der Waals surface area contributed by atoms with Crippen molar-refractivity contribution in [1.29, 1.82) is 0 Å². The molecule has 1 fully saturated rings. The number of carbonyl (C=O) groups excluding carboxylic acids is 1. The van der Waals surface area contributed by atoms with Gasteiger partial charge in [-0.2, -0.15) is 4.37 Å². The zero-order chi connectivity index (χ0) is 14.9. The lowest BCUT2D eigenvalue weighted by Gasteiger charge is -2.49. The first-order chi connectivity index (χ1) is 9.29. The summed E-state index contributed by atoms with van der Waals surface area (Å²) in [6.45, 7) is 8.09. The molecule has 0 aliphatic heterocycles. The Morgan fingerprint density at radius 3 is 2.80 bits per heavy atom. The van der Waals surface area contributed by atoms with Gasteiger partial charge in [0.1, 0.15) is 5.82 Å². The summed E-state index contributed by atoms with van der Waals surface area (Å²) in [6.07, 6.45) is 1.04. The topological polar surface area (TPSA) is 87.1 Å². The number of aromatic nitrogens is 2. The molecule has 3 N–H and O–H groups in total. The second kappa shape index (κ2) is 5.65. The summed E-state index contributed by atoms with van der Waals surface area (Å²) in [4.78, 5) is 16.2. The Kier molecular flexibility index (Phi) is 4.29. The molecule has 0 spiro atoms. The second-order valence-electron chi connectivity index (χ2n) is 6.34. The van der Waals surface area contributed by atoms with Gasteiger partial charge in [0.25, 0.3) is 0 Å². The van der Waals surface area contributed by atoms with E-state index in [1.165, 1.54) is 11.5 Å². The number of nitrogens with zero attached hydrogens (tertiary/aromatic N) is 2. The molecule has 1 aromatic rings. The SMILES string of the molecule is CC(C)Cc1nsc(NC(=O)NC2CC(O)C2(C)C)n1. The number of aliphatic hydroxyl groups excluding tert-OH is 1. The molecule has 1 saturated carbocycles. The third-order valence-electron chi connectivity index (χ3n) is 3.80. The van der Waals surface area contributed by atoms with Crippen LogP contribution in [0.1, 0.15) is 39.9 Å². The van der Waals surface area contributed by atoms with Crippen molar-refractivity contribution in [3.05, 3.63) is 5.82 Å². The fourth-order valence-electron chi connectivity index (χ4n) is 2.19. The molecule has 1 aromatic heterocycles. The number of amides is 2. The molecule has 2 atom stereocenters. The minimum atomic E-state index is -0.355. The molecule has 112 valence electrons. The highest BCUT2D eigenvalue weighted by molar-refractivity contribution is 7.09. The summed E-state index contributed by atoms with van der Waals surface area (Å²) in [7, 11) is 0. The maximum Gasteiger partial charge on any atom is 0.321 e. The fraction of sp³-hybridized carbons (Fsp3) is 0.769. The van der Waals surface area contributed by atoms with Gasteiger partial charge in [0.2, 0.25) is 5.13 Å². The minimum absolute atomic E-state index is 0.0134. The van der Waals surface area contributed by atoms with Crippen LogP contribution >= 0.6 is 11.5 Å². The average Bonchev–Trinajstić information content (AvgIpc) is 2.75. The van der Waals surface area contributed by atoms with E-state index in [9.17, 15) is 9.90 Å². The molecule has 0 bridgehead atoms. The molecular weight excluding hydrogens is 276 g/mol. The van der Waals surface area contributed by atoms with E-state index in [-0.39, 0.29) is 23.6 Å². The maximum atomic E-state index is 11.9. The van der Waals surface area contributed by atoms with Crippen molar-refractivity contribution in [2.75, 3.05) is 5.32 Å². The molecule has 0 saturated heterocycles. The number of rotatable bonds is 4. The van der Waals surface area contributed by atoms with Gasteiger partial charge in [0.15, 0.2) is 0 Å². The smallest absolute Gasteiger partial charge is 0.321 e. The number of hydrogen-bond acceptors (Lipinski definition) is 5. The molecule has 1 heterocycles. The van der Waals surface area contributed by atoms with Crippen molar-refractivity contribution in [3.8, 4) is 0 Å². The normalized spacial score (nSPS) is 24.3. The molecule has 0 radical (unpaired) electrons. The van der Waals surface area contributed by atoms with Crippen LogP contribution in [-0.2, 0) is 6.42 Å². The Morgan fingerprint density at radius 2 is 2.25 bits per heavy atom. The summed E-state index contributed by atoms with van der Waals surface area (Å²) in [5.41, 5.74) is -0.277. The molecule has 2 unspecified atom stereocenters. The van der Waals surface area contributed by atoms with Gasteiger partial charge in [0, 0.05) is 29.4 Å². The van der Waals surface area contributed by atoms with Crippen LogP contribution in [0.4, 0.5) is 9.93 Å². The first-order valence-corrected chi connectivity index (χ1v) is 7.64. The standard InChI is InChI=1S/C13H22N4O2S/c1-7(2)5-10-15-12(20-17-10)16-11(19)14-8-6-9(18)13(8,3)4/h7-9,18H,5-6H2,1-4H3,(H2,14,15,16,17,19). The van der Waals surface area contributed by atoms with Crippen LogP contribution in [0.15, 0.2) is 0 Å². The van der Waals surface area contributed by atoms with E-state index in [0.717, 1.165) is 12.2 Å². The van der Waals surface area contributed by atoms with E-state index in [4.69, 9.17) is 0 Å². The summed E-state index contributed by atoms with van der Waals surface area (Å²) >= 11 is 1.19. The van der Waals surface area contributed by atoms with Crippen molar-refractivity contribution >= 4 is 22.7 Å². The number of aliphatic hydroxyl groups is 1. The van der Waals surface area contributed by atoms with Gasteiger partial charge in [-0.3, -0.25) is 5.32 Å². The third-order valence-corrected chi connectivity index (χ3v) is 4.47. The van der Waals surface area contributed by atoms with Crippen LogP contribution in [0.3, 0.4) is 0 Å². The molecule has 6 nitrogen and oxygen atoms in total. The molecule has 20 heavy (non-hydrogen) atoms. The van der Waals surface area contributed by atoms with E-state index >= 15 is 0 Å². The Labute approximate surface area is 123 Å². The lowest BCUT2D eigenvalue weighted by Crippen LogP contribution is -2.61. The van der Waals surface area contributed by atoms with Gasteiger partial charge < -0.3 is 10.4 Å². The van der Waals surface area contributed by atoms with Crippen molar-refractivity contribution in [2.24, 2.45) is 11.3 Å². The van der Waals surface area contributed by atoms with Gasteiger partial charge in [-0.15, -0.1) is 0 Å². The average molecular weight is 298 g/mol. The zero-order valence-corrected chi connectivity index (χ0v) is 13.1. The van der Waals surface area contributed by atoms with Crippen LogP contribution in [0.2, 0.25) is 0 Å². The van der Waals surface area contributed by atoms with Crippen molar-refractivity contribution in [1.82, 2.24) is 14.7 Å². The van der Waals surface area contributed by atoms with E-state index in [0.29, 0.717) is 17.5 Å². The van der Waals surface area contributed by atoms with Crippen LogP contribution in [0, 0.1) is 11.3 Å². The van der Waals surface area contributed by atoms with Crippen LogP contribution in [0.5, 0.6) is 0 Å². The van der Waals surface area contributed by atoms with Gasteiger partial charge >= 0.3 is 6.03 Å². The lowest BCUT2D eigenvalue weighted by atomic mass is 9.65. The third kappa shape index (κ3) is 3.27. The van der Waals surface area contributed by atoms with Crippen molar-refractivity contribution < 1.29 is 9.90 Å². The highest BCUT2D eigenvalue weighted by Crippen LogP contribution is 2.40. The molecular formula is C13H22N4O2S. The molecule has 1 aliphatic carbocycles. The Bertz CT molecular complexity index is 486. The number of urea groups is 1.